The topological polar surface area (TPSA) is 23.5 Å². The summed E-state index contributed by atoms with van der Waals surface area (Å²) in [6, 6.07) is 6.61. The molecule has 1 aromatic rings. The molecule has 1 unspecified atom stereocenters. The van der Waals surface area contributed by atoms with Crippen LogP contribution in [0.4, 0.5) is 0 Å². The van der Waals surface area contributed by atoms with Crippen molar-refractivity contribution in [3.63, 3.8) is 0 Å². The molecule has 2 nitrogen and oxygen atoms in total. The molecule has 3 rings (SSSR count). The van der Waals surface area contributed by atoms with Gasteiger partial charge < -0.3 is 10.0 Å². The molecule has 0 saturated carbocycles. The molecule has 0 spiro atoms. The molecule has 2 heteroatoms. The van der Waals surface area contributed by atoms with Gasteiger partial charge in [-0.1, -0.05) is 13.0 Å². The number of rotatable bonds is 0. The lowest BCUT2D eigenvalue weighted by Gasteiger charge is -2.47. The van der Waals surface area contributed by atoms with Crippen molar-refractivity contribution in [2.24, 2.45) is 5.92 Å². The lowest BCUT2D eigenvalue weighted by atomic mass is 9.69. The summed E-state index contributed by atoms with van der Waals surface area (Å²) < 4.78 is 0. The van der Waals surface area contributed by atoms with E-state index in [1.54, 1.807) is 0 Å². The van der Waals surface area contributed by atoms with Gasteiger partial charge in [-0.15, -0.1) is 0 Å². The van der Waals surface area contributed by atoms with E-state index >= 15 is 0 Å². The number of phenolic OH excluding ortho intramolecular Hbond substituents is 1. The van der Waals surface area contributed by atoms with Crippen molar-refractivity contribution in [1.29, 1.82) is 0 Å². The monoisotopic (exact) mass is 217 g/mol. The summed E-state index contributed by atoms with van der Waals surface area (Å²) in [4.78, 5) is 2.50. The molecule has 1 heterocycles. The first-order valence-corrected chi connectivity index (χ1v) is 6.19. The van der Waals surface area contributed by atoms with Crippen LogP contribution in [0.1, 0.15) is 30.4 Å². The number of aromatic hydroxyl groups is 1. The molecule has 1 N–H and O–H groups in total. The van der Waals surface area contributed by atoms with Gasteiger partial charge in [-0.2, -0.15) is 0 Å². The molecule has 2 aliphatic rings. The van der Waals surface area contributed by atoms with E-state index < -0.39 is 0 Å². The standard InChI is InChI=1S/C14H19NO/c1-9-12-5-6-15(2)14(9)7-10-3-4-11(16)8-13(10)12/h3-4,8-9,12,14,16H,5-7H2,1-2H3/t9?,12-,14-/m1/s1. The molecule has 1 aromatic carbocycles. The van der Waals surface area contributed by atoms with E-state index in [2.05, 4.69) is 24.9 Å². The maximum atomic E-state index is 9.61. The zero-order valence-electron chi connectivity index (χ0n) is 9.98. The van der Waals surface area contributed by atoms with Gasteiger partial charge in [0.1, 0.15) is 5.75 Å². The van der Waals surface area contributed by atoms with Crippen LogP contribution >= 0.6 is 0 Å². The predicted molar refractivity (Wildman–Crippen MR) is 64.8 cm³/mol. The summed E-state index contributed by atoms with van der Waals surface area (Å²) >= 11 is 0. The van der Waals surface area contributed by atoms with Gasteiger partial charge in [0.15, 0.2) is 0 Å². The van der Waals surface area contributed by atoms with Crippen LogP contribution in [0, 0.1) is 5.92 Å². The van der Waals surface area contributed by atoms with E-state index in [1.165, 1.54) is 24.1 Å². The van der Waals surface area contributed by atoms with Gasteiger partial charge in [0, 0.05) is 6.04 Å². The number of likely N-dealkylation sites (N-methyl/N-ethyl adjacent to an activating group) is 1. The Morgan fingerprint density at radius 1 is 1.38 bits per heavy atom. The zero-order chi connectivity index (χ0) is 11.3. The van der Waals surface area contributed by atoms with Crippen molar-refractivity contribution in [1.82, 2.24) is 4.90 Å². The van der Waals surface area contributed by atoms with Crippen LogP contribution in [0.25, 0.3) is 0 Å². The fourth-order valence-electron chi connectivity index (χ4n) is 3.56. The van der Waals surface area contributed by atoms with Crippen molar-refractivity contribution in [2.45, 2.75) is 31.7 Å². The first-order chi connectivity index (χ1) is 7.66. The van der Waals surface area contributed by atoms with Crippen LogP contribution in [-0.4, -0.2) is 29.6 Å². The highest BCUT2D eigenvalue weighted by molar-refractivity contribution is 5.41. The number of fused-ring (bicyclic) bond motifs is 4. The summed E-state index contributed by atoms with van der Waals surface area (Å²) in [5.41, 5.74) is 2.84. The Bertz CT molecular complexity index is 415. The minimum Gasteiger partial charge on any atom is -0.508 e. The lowest BCUT2D eigenvalue weighted by Crippen LogP contribution is -2.49. The maximum Gasteiger partial charge on any atom is 0.115 e. The summed E-state index contributed by atoms with van der Waals surface area (Å²) in [6.45, 7) is 3.55. The van der Waals surface area contributed by atoms with Gasteiger partial charge in [-0.05, 0) is 61.5 Å². The van der Waals surface area contributed by atoms with Crippen molar-refractivity contribution in [3.05, 3.63) is 29.3 Å². The summed E-state index contributed by atoms with van der Waals surface area (Å²) in [5, 5.41) is 9.61. The molecule has 0 aromatic heterocycles. The fourth-order valence-corrected chi connectivity index (χ4v) is 3.56. The highest BCUT2D eigenvalue weighted by atomic mass is 16.3. The Morgan fingerprint density at radius 3 is 3.00 bits per heavy atom. The Labute approximate surface area is 96.9 Å². The van der Waals surface area contributed by atoms with E-state index in [1.807, 2.05) is 12.1 Å². The molecule has 1 aliphatic heterocycles. The quantitative estimate of drug-likeness (QED) is 0.721. The zero-order valence-corrected chi connectivity index (χ0v) is 9.98. The summed E-state index contributed by atoms with van der Waals surface area (Å²) in [5.74, 6) is 1.79. The van der Waals surface area contributed by atoms with Gasteiger partial charge in [0.05, 0.1) is 0 Å². The van der Waals surface area contributed by atoms with Gasteiger partial charge in [-0.3, -0.25) is 0 Å². The lowest BCUT2D eigenvalue weighted by molar-refractivity contribution is 0.0991. The number of piperidine rings is 1. The Morgan fingerprint density at radius 2 is 2.19 bits per heavy atom. The number of nitrogens with zero attached hydrogens (tertiary/aromatic N) is 1. The first-order valence-electron chi connectivity index (χ1n) is 6.19. The molecule has 16 heavy (non-hydrogen) atoms. The minimum absolute atomic E-state index is 0.420. The largest absolute Gasteiger partial charge is 0.508 e. The molecule has 0 radical (unpaired) electrons. The second kappa shape index (κ2) is 3.49. The van der Waals surface area contributed by atoms with Crippen molar-refractivity contribution in [2.75, 3.05) is 13.6 Å². The molecular formula is C14H19NO. The molecule has 3 atom stereocenters. The van der Waals surface area contributed by atoms with E-state index in [-0.39, 0.29) is 0 Å². The fraction of sp³-hybridized carbons (Fsp3) is 0.571. The summed E-state index contributed by atoms with van der Waals surface area (Å²) in [7, 11) is 2.24. The van der Waals surface area contributed by atoms with E-state index in [0.29, 0.717) is 23.6 Å². The van der Waals surface area contributed by atoms with Crippen LogP contribution in [0.5, 0.6) is 5.75 Å². The van der Waals surface area contributed by atoms with Gasteiger partial charge in [-0.25, -0.2) is 0 Å². The SMILES string of the molecule is CC1[C@H]2Cc3ccc(O)cc3[C@@H]1CCN2C. The van der Waals surface area contributed by atoms with Crippen LogP contribution < -0.4 is 0 Å². The maximum absolute atomic E-state index is 9.61. The van der Waals surface area contributed by atoms with Crippen LogP contribution in [0.15, 0.2) is 18.2 Å². The van der Waals surface area contributed by atoms with Crippen molar-refractivity contribution in [3.8, 4) is 5.75 Å². The third kappa shape index (κ3) is 1.36. The van der Waals surface area contributed by atoms with E-state index in [4.69, 9.17) is 0 Å². The average Bonchev–Trinajstić information content (AvgIpc) is 2.25. The van der Waals surface area contributed by atoms with E-state index in [0.717, 1.165) is 6.42 Å². The average molecular weight is 217 g/mol. The van der Waals surface area contributed by atoms with Gasteiger partial charge in [0.2, 0.25) is 0 Å². The first kappa shape index (κ1) is 10.2. The van der Waals surface area contributed by atoms with Gasteiger partial charge in [0.25, 0.3) is 0 Å². The number of phenols is 1. The Balaban J connectivity index is 2.07. The smallest absolute Gasteiger partial charge is 0.115 e. The second-order valence-electron chi connectivity index (χ2n) is 5.39. The Hall–Kier alpha value is -1.02. The van der Waals surface area contributed by atoms with Crippen molar-refractivity contribution >= 4 is 0 Å². The second-order valence-corrected chi connectivity index (χ2v) is 5.39. The van der Waals surface area contributed by atoms with Crippen LogP contribution in [0.2, 0.25) is 0 Å². The van der Waals surface area contributed by atoms with Crippen molar-refractivity contribution < 1.29 is 5.11 Å². The third-order valence-electron chi connectivity index (χ3n) is 4.56. The number of hydrogen-bond acceptors (Lipinski definition) is 2. The molecule has 86 valence electrons. The van der Waals surface area contributed by atoms with Crippen LogP contribution in [0.3, 0.4) is 0 Å². The minimum atomic E-state index is 0.420. The highest BCUT2D eigenvalue weighted by Gasteiger charge is 2.39. The normalized spacial score (nSPS) is 33.5. The van der Waals surface area contributed by atoms with Gasteiger partial charge >= 0.3 is 0 Å². The molecule has 0 amide bonds. The third-order valence-corrected chi connectivity index (χ3v) is 4.56. The summed E-state index contributed by atoms with van der Waals surface area (Å²) in [6.07, 6.45) is 2.37. The molecular weight excluding hydrogens is 198 g/mol. The van der Waals surface area contributed by atoms with E-state index in [9.17, 15) is 5.11 Å². The molecule has 1 fully saturated rings. The number of benzene rings is 1. The number of hydrogen-bond donors (Lipinski definition) is 1. The molecule has 1 saturated heterocycles. The Kier molecular flexibility index (Phi) is 2.21. The molecule has 1 aliphatic carbocycles. The highest BCUT2D eigenvalue weighted by Crippen LogP contribution is 2.44. The predicted octanol–water partition coefficient (Wildman–Crippen LogP) is 2.37. The number of likely N-dealkylation sites (tertiary alicyclic amines) is 1. The van der Waals surface area contributed by atoms with Crippen LogP contribution in [-0.2, 0) is 6.42 Å². The molecule has 2 bridgehead atoms.